The van der Waals surface area contributed by atoms with E-state index < -0.39 is 5.54 Å². The summed E-state index contributed by atoms with van der Waals surface area (Å²) in [7, 11) is 0. The van der Waals surface area contributed by atoms with Crippen LogP contribution in [-0.4, -0.2) is 11.4 Å². The zero-order valence-corrected chi connectivity index (χ0v) is 9.06. The average Bonchev–Trinajstić information content (AvgIpc) is 2.02. The van der Waals surface area contributed by atoms with Crippen LogP contribution in [0.5, 0.6) is 0 Å². The van der Waals surface area contributed by atoms with E-state index in [1.54, 1.807) is 13.8 Å². The van der Waals surface area contributed by atoms with Gasteiger partial charge in [-0.05, 0) is 12.3 Å². The predicted octanol–water partition coefficient (Wildman–Crippen LogP) is 1.84. The summed E-state index contributed by atoms with van der Waals surface area (Å²) >= 11 is 0. The summed E-state index contributed by atoms with van der Waals surface area (Å²) in [6.45, 7) is 9.33. The van der Waals surface area contributed by atoms with Gasteiger partial charge in [0.25, 0.3) is 0 Å². The van der Waals surface area contributed by atoms with Crippen molar-refractivity contribution < 1.29 is 4.79 Å². The van der Waals surface area contributed by atoms with Gasteiger partial charge in [0.05, 0.1) is 6.07 Å². The first-order valence-corrected chi connectivity index (χ1v) is 4.49. The number of carbonyl (C=O) groups excluding carboxylic acids is 1. The predicted molar refractivity (Wildman–Crippen MR) is 51.9 cm³/mol. The molecule has 0 rings (SSSR count). The lowest BCUT2D eigenvalue weighted by Gasteiger charge is -2.36. The second kappa shape index (κ2) is 3.78. The van der Waals surface area contributed by atoms with Gasteiger partial charge >= 0.3 is 0 Å². The summed E-state index contributed by atoms with van der Waals surface area (Å²) in [6, 6.07) is 2.15. The molecular formula is C10H18N2O. The molecular weight excluding hydrogens is 164 g/mol. The fraction of sp³-hybridized carbons (Fsp3) is 0.800. The molecule has 1 N–H and O–H groups in total. The molecule has 0 saturated heterocycles. The maximum atomic E-state index is 11.2. The summed E-state index contributed by atoms with van der Waals surface area (Å²) in [5, 5.41) is 11.7. The van der Waals surface area contributed by atoms with Crippen LogP contribution in [0.25, 0.3) is 0 Å². The molecule has 0 aliphatic heterocycles. The van der Waals surface area contributed by atoms with E-state index in [1.165, 1.54) is 0 Å². The molecule has 0 radical (unpaired) electrons. The van der Waals surface area contributed by atoms with Gasteiger partial charge in [0.15, 0.2) is 0 Å². The molecule has 0 fully saturated rings. The minimum atomic E-state index is -0.792. The van der Waals surface area contributed by atoms with Crippen molar-refractivity contribution in [2.45, 2.75) is 46.6 Å². The molecule has 3 nitrogen and oxygen atoms in total. The molecule has 1 unspecified atom stereocenters. The number of nitrogens with zero attached hydrogens (tertiary/aromatic N) is 1. The van der Waals surface area contributed by atoms with Gasteiger partial charge in [-0.1, -0.05) is 27.7 Å². The minimum Gasteiger partial charge on any atom is -0.338 e. The highest BCUT2D eigenvalue weighted by Crippen LogP contribution is 2.29. The van der Waals surface area contributed by atoms with E-state index in [1.807, 2.05) is 20.8 Å². The van der Waals surface area contributed by atoms with Gasteiger partial charge in [0, 0.05) is 6.42 Å². The first kappa shape index (κ1) is 12.0. The second-order valence-corrected chi connectivity index (χ2v) is 4.39. The molecule has 0 aromatic rings. The lowest BCUT2D eigenvalue weighted by molar-refractivity contribution is -0.123. The summed E-state index contributed by atoms with van der Waals surface area (Å²) in [5.41, 5.74) is -1.05. The molecule has 0 aliphatic carbocycles. The summed E-state index contributed by atoms with van der Waals surface area (Å²) in [4.78, 5) is 11.2. The molecule has 0 aliphatic rings. The third-order valence-electron chi connectivity index (χ3n) is 2.43. The van der Waals surface area contributed by atoms with E-state index in [0.717, 1.165) is 0 Å². The van der Waals surface area contributed by atoms with Crippen LogP contribution in [0, 0.1) is 16.7 Å². The van der Waals surface area contributed by atoms with Crippen molar-refractivity contribution in [2.24, 2.45) is 5.41 Å². The SMILES string of the molecule is CCC(=O)NC(C)(C#N)C(C)(C)C. The number of carbonyl (C=O) groups is 1. The Hall–Kier alpha value is -1.04. The molecule has 0 bridgehead atoms. The van der Waals surface area contributed by atoms with Crippen LogP contribution in [0.2, 0.25) is 0 Å². The van der Waals surface area contributed by atoms with Crippen LogP contribution >= 0.6 is 0 Å². The Labute approximate surface area is 80.1 Å². The Morgan fingerprint density at radius 3 is 2.08 bits per heavy atom. The van der Waals surface area contributed by atoms with Crippen LogP contribution in [0.1, 0.15) is 41.0 Å². The number of hydrogen-bond acceptors (Lipinski definition) is 2. The molecule has 3 heteroatoms. The summed E-state index contributed by atoms with van der Waals surface area (Å²) in [6.07, 6.45) is 0.410. The molecule has 0 aromatic carbocycles. The van der Waals surface area contributed by atoms with Crippen LogP contribution in [0.4, 0.5) is 0 Å². The highest BCUT2D eigenvalue weighted by Gasteiger charge is 2.38. The Morgan fingerprint density at radius 2 is 1.85 bits per heavy atom. The normalized spacial score (nSPS) is 15.7. The number of hydrogen-bond donors (Lipinski definition) is 1. The van der Waals surface area contributed by atoms with Gasteiger partial charge in [-0.2, -0.15) is 5.26 Å². The van der Waals surface area contributed by atoms with Crippen molar-refractivity contribution in [1.82, 2.24) is 5.32 Å². The van der Waals surface area contributed by atoms with Crippen molar-refractivity contribution in [3.05, 3.63) is 0 Å². The molecule has 1 amide bonds. The van der Waals surface area contributed by atoms with Gasteiger partial charge in [-0.25, -0.2) is 0 Å². The van der Waals surface area contributed by atoms with E-state index in [4.69, 9.17) is 5.26 Å². The fourth-order valence-corrected chi connectivity index (χ4v) is 0.750. The third-order valence-corrected chi connectivity index (χ3v) is 2.43. The van der Waals surface area contributed by atoms with Gasteiger partial charge in [-0.3, -0.25) is 4.79 Å². The van der Waals surface area contributed by atoms with Gasteiger partial charge in [0.1, 0.15) is 5.54 Å². The topological polar surface area (TPSA) is 52.9 Å². The van der Waals surface area contributed by atoms with Crippen molar-refractivity contribution in [1.29, 1.82) is 5.26 Å². The maximum absolute atomic E-state index is 11.2. The van der Waals surface area contributed by atoms with Crippen molar-refractivity contribution in [3.63, 3.8) is 0 Å². The summed E-state index contributed by atoms with van der Waals surface area (Å²) < 4.78 is 0. The monoisotopic (exact) mass is 182 g/mol. The minimum absolute atomic E-state index is 0.0843. The average molecular weight is 182 g/mol. The maximum Gasteiger partial charge on any atom is 0.220 e. The molecule has 0 saturated carbocycles. The zero-order chi connectivity index (χ0) is 10.7. The first-order valence-electron chi connectivity index (χ1n) is 4.49. The highest BCUT2D eigenvalue weighted by molar-refractivity contribution is 5.77. The largest absolute Gasteiger partial charge is 0.338 e. The van der Waals surface area contributed by atoms with E-state index in [9.17, 15) is 4.79 Å². The summed E-state index contributed by atoms with van der Waals surface area (Å²) in [5.74, 6) is -0.0843. The van der Waals surface area contributed by atoms with Crippen LogP contribution in [0.3, 0.4) is 0 Å². The van der Waals surface area contributed by atoms with Crippen molar-refractivity contribution in [3.8, 4) is 6.07 Å². The third kappa shape index (κ3) is 2.73. The van der Waals surface area contributed by atoms with Crippen LogP contribution < -0.4 is 5.32 Å². The molecule has 1 atom stereocenters. The van der Waals surface area contributed by atoms with Crippen molar-refractivity contribution in [2.75, 3.05) is 0 Å². The second-order valence-electron chi connectivity index (χ2n) is 4.39. The van der Waals surface area contributed by atoms with E-state index in [0.29, 0.717) is 6.42 Å². The van der Waals surface area contributed by atoms with Crippen molar-refractivity contribution >= 4 is 5.91 Å². The number of amides is 1. The lowest BCUT2D eigenvalue weighted by atomic mass is 9.76. The Balaban J connectivity index is 4.69. The van der Waals surface area contributed by atoms with Crippen LogP contribution in [-0.2, 0) is 4.79 Å². The van der Waals surface area contributed by atoms with Gasteiger partial charge in [-0.15, -0.1) is 0 Å². The molecule has 74 valence electrons. The van der Waals surface area contributed by atoms with Gasteiger partial charge in [0.2, 0.25) is 5.91 Å². The molecule has 0 aromatic heterocycles. The zero-order valence-electron chi connectivity index (χ0n) is 9.06. The van der Waals surface area contributed by atoms with E-state index in [2.05, 4.69) is 11.4 Å². The Morgan fingerprint density at radius 1 is 1.38 bits per heavy atom. The van der Waals surface area contributed by atoms with Gasteiger partial charge < -0.3 is 5.32 Å². The standard InChI is InChI=1S/C10H18N2O/c1-6-8(13)12-10(5,7-11)9(2,3)4/h6H2,1-5H3,(H,12,13). The Bertz CT molecular complexity index is 234. The van der Waals surface area contributed by atoms with E-state index >= 15 is 0 Å². The molecule has 0 heterocycles. The van der Waals surface area contributed by atoms with E-state index in [-0.39, 0.29) is 11.3 Å². The smallest absolute Gasteiger partial charge is 0.220 e. The highest BCUT2D eigenvalue weighted by atomic mass is 16.1. The molecule has 0 spiro atoms. The quantitative estimate of drug-likeness (QED) is 0.708. The number of nitriles is 1. The lowest BCUT2D eigenvalue weighted by Crippen LogP contribution is -2.53. The first-order chi connectivity index (χ1) is 5.77. The molecule has 13 heavy (non-hydrogen) atoms. The number of nitrogens with one attached hydrogen (secondary N) is 1. The Kier molecular flexibility index (Phi) is 3.48. The number of rotatable bonds is 2. The fourth-order valence-electron chi connectivity index (χ4n) is 0.750. The van der Waals surface area contributed by atoms with Crippen LogP contribution in [0.15, 0.2) is 0 Å².